The van der Waals surface area contributed by atoms with Crippen LogP contribution in [-0.2, 0) is 19.0 Å². The summed E-state index contributed by atoms with van der Waals surface area (Å²) < 4.78 is 14.9. The van der Waals surface area contributed by atoms with Crippen molar-refractivity contribution in [2.75, 3.05) is 40.6 Å². The lowest BCUT2D eigenvalue weighted by atomic mass is 10.00. The number of hydrogen-bond donors (Lipinski definition) is 1. The Hall–Kier alpha value is -2.19. The summed E-state index contributed by atoms with van der Waals surface area (Å²) in [4.78, 5) is 41.7. The van der Waals surface area contributed by atoms with Crippen molar-refractivity contribution in [3.05, 3.63) is 22.5 Å². The van der Waals surface area contributed by atoms with Gasteiger partial charge < -0.3 is 24.1 Å². The summed E-state index contributed by atoms with van der Waals surface area (Å²) >= 11 is 0. The molecule has 1 N–H and O–H groups in total. The molecule has 0 aliphatic rings. The number of rotatable bonds is 10. The third-order valence-corrected chi connectivity index (χ3v) is 4.13. The minimum Gasteiger partial charge on any atom is -0.461 e. The highest BCUT2D eigenvalue weighted by molar-refractivity contribution is 6.06. The van der Waals surface area contributed by atoms with Crippen molar-refractivity contribution < 1.29 is 28.6 Å². The SMILES string of the molecule is CCOC(=O)c1[nH]c(C)c(C(=O)C(C)N(CCOC)C(=O)COC)c1C. The standard InChI is InChI=1S/C18H28N2O6/c1-7-26-18(23)16-11(2)15(12(3)19-16)17(22)13(4)20(8-9-24-5)14(21)10-25-6/h13,19H,7-10H2,1-6H3. The van der Waals surface area contributed by atoms with Crippen LogP contribution in [0.2, 0.25) is 0 Å². The largest absolute Gasteiger partial charge is 0.461 e. The van der Waals surface area contributed by atoms with E-state index in [-0.39, 0.29) is 37.1 Å². The maximum Gasteiger partial charge on any atom is 0.355 e. The number of Topliss-reactive ketones (excluding diaryl/α,β-unsaturated/α-hetero) is 1. The molecule has 0 bridgehead atoms. The third-order valence-electron chi connectivity index (χ3n) is 4.13. The van der Waals surface area contributed by atoms with Crippen LogP contribution < -0.4 is 0 Å². The molecule has 1 unspecified atom stereocenters. The maximum absolute atomic E-state index is 13.0. The predicted octanol–water partition coefficient (Wildman–Crippen LogP) is 1.50. The van der Waals surface area contributed by atoms with Crippen LogP contribution in [0.3, 0.4) is 0 Å². The number of carbonyl (C=O) groups excluding carboxylic acids is 3. The smallest absolute Gasteiger partial charge is 0.355 e. The normalized spacial score (nSPS) is 11.9. The minimum atomic E-state index is -0.726. The van der Waals surface area contributed by atoms with Crippen molar-refractivity contribution in [1.29, 1.82) is 0 Å². The quantitative estimate of drug-likeness (QED) is 0.496. The number of ketones is 1. The van der Waals surface area contributed by atoms with Crippen LogP contribution in [0.5, 0.6) is 0 Å². The molecule has 1 aromatic heterocycles. The summed E-state index contributed by atoms with van der Waals surface area (Å²) in [7, 11) is 2.95. The second kappa shape index (κ2) is 10.1. The van der Waals surface area contributed by atoms with Crippen LogP contribution in [0, 0.1) is 13.8 Å². The maximum atomic E-state index is 13.0. The molecule has 0 saturated heterocycles. The molecule has 1 heterocycles. The number of hydrogen-bond acceptors (Lipinski definition) is 6. The molecule has 0 radical (unpaired) electrons. The zero-order chi connectivity index (χ0) is 19.9. The monoisotopic (exact) mass is 368 g/mol. The second-order valence-corrected chi connectivity index (χ2v) is 5.90. The molecular formula is C18H28N2O6. The molecule has 146 valence electrons. The molecule has 1 rings (SSSR count). The molecule has 1 aromatic rings. The molecule has 26 heavy (non-hydrogen) atoms. The van der Waals surface area contributed by atoms with E-state index in [1.54, 1.807) is 27.7 Å². The molecule has 0 saturated carbocycles. The first-order valence-corrected chi connectivity index (χ1v) is 8.47. The zero-order valence-corrected chi connectivity index (χ0v) is 16.3. The van der Waals surface area contributed by atoms with Gasteiger partial charge in [0.25, 0.3) is 0 Å². The number of carbonyl (C=O) groups is 3. The van der Waals surface area contributed by atoms with Crippen molar-refractivity contribution in [3.8, 4) is 0 Å². The fourth-order valence-electron chi connectivity index (χ4n) is 2.81. The Morgan fingerprint density at radius 3 is 2.35 bits per heavy atom. The van der Waals surface area contributed by atoms with E-state index in [0.717, 1.165) is 0 Å². The Labute approximate surface area is 153 Å². The molecule has 1 amide bonds. The van der Waals surface area contributed by atoms with E-state index >= 15 is 0 Å². The van der Waals surface area contributed by atoms with E-state index in [1.807, 2.05) is 0 Å². The number of methoxy groups -OCH3 is 2. The van der Waals surface area contributed by atoms with Gasteiger partial charge >= 0.3 is 5.97 Å². The number of ether oxygens (including phenoxy) is 3. The van der Waals surface area contributed by atoms with Gasteiger partial charge in [0, 0.05) is 32.0 Å². The Bertz CT molecular complexity index is 652. The molecule has 0 aliphatic carbocycles. The molecule has 0 spiro atoms. The molecule has 1 atom stereocenters. The highest BCUT2D eigenvalue weighted by Gasteiger charge is 2.31. The number of aryl methyl sites for hydroxylation is 1. The van der Waals surface area contributed by atoms with Gasteiger partial charge in [-0.25, -0.2) is 4.79 Å². The Kier molecular flexibility index (Phi) is 8.47. The summed E-state index contributed by atoms with van der Waals surface area (Å²) in [5, 5.41) is 0. The van der Waals surface area contributed by atoms with Gasteiger partial charge in [-0.05, 0) is 33.3 Å². The van der Waals surface area contributed by atoms with Crippen LogP contribution in [0.4, 0.5) is 0 Å². The summed E-state index contributed by atoms with van der Waals surface area (Å²) in [5.74, 6) is -1.07. The Morgan fingerprint density at radius 1 is 1.15 bits per heavy atom. The molecular weight excluding hydrogens is 340 g/mol. The van der Waals surface area contributed by atoms with E-state index in [0.29, 0.717) is 23.4 Å². The number of nitrogens with zero attached hydrogens (tertiary/aromatic N) is 1. The summed E-state index contributed by atoms with van der Waals surface area (Å²) in [6.45, 7) is 7.45. The third kappa shape index (κ3) is 4.92. The van der Waals surface area contributed by atoms with Crippen molar-refractivity contribution >= 4 is 17.7 Å². The number of esters is 1. The average Bonchev–Trinajstić information content (AvgIpc) is 2.89. The van der Waals surface area contributed by atoms with Gasteiger partial charge in [-0.1, -0.05) is 0 Å². The first-order chi connectivity index (χ1) is 12.3. The Balaban J connectivity index is 3.15. The lowest BCUT2D eigenvalue weighted by Crippen LogP contribution is -2.46. The molecule has 0 aromatic carbocycles. The summed E-state index contributed by atoms with van der Waals surface area (Å²) in [6.07, 6.45) is 0. The van der Waals surface area contributed by atoms with E-state index in [4.69, 9.17) is 14.2 Å². The lowest BCUT2D eigenvalue weighted by molar-refractivity contribution is -0.137. The number of H-pyrrole nitrogens is 1. The fourth-order valence-corrected chi connectivity index (χ4v) is 2.81. The van der Waals surface area contributed by atoms with Crippen LogP contribution in [0.15, 0.2) is 0 Å². The topological polar surface area (TPSA) is 97.9 Å². The van der Waals surface area contributed by atoms with Gasteiger partial charge in [0.2, 0.25) is 5.91 Å². The summed E-state index contributed by atoms with van der Waals surface area (Å²) in [5.41, 5.74) is 1.73. The van der Waals surface area contributed by atoms with Crippen LogP contribution in [-0.4, -0.2) is 74.2 Å². The first kappa shape index (κ1) is 21.9. The number of amides is 1. The van der Waals surface area contributed by atoms with Crippen molar-refractivity contribution in [2.45, 2.75) is 33.7 Å². The molecule has 0 aliphatic heterocycles. The van der Waals surface area contributed by atoms with E-state index in [9.17, 15) is 14.4 Å². The second-order valence-electron chi connectivity index (χ2n) is 5.90. The van der Waals surface area contributed by atoms with Crippen LogP contribution >= 0.6 is 0 Å². The molecule has 8 heteroatoms. The van der Waals surface area contributed by atoms with Crippen molar-refractivity contribution in [1.82, 2.24) is 9.88 Å². The highest BCUT2D eigenvalue weighted by atomic mass is 16.5. The average molecular weight is 368 g/mol. The molecule has 0 fully saturated rings. The van der Waals surface area contributed by atoms with E-state index < -0.39 is 12.0 Å². The van der Waals surface area contributed by atoms with Crippen molar-refractivity contribution in [3.63, 3.8) is 0 Å². The van der Waals surface area contributed by atoms with Gasteiger partial charge in [-0.15, -0.1) is 0 Å². The van der Waals surface area contributed by atoms with Gasteiger partial charge in [0.05, 0.1) is 19.3 Å². The van der Waals surface area contributed by atoms with Crippen LogP contribution in [0.1, 0.15) is 46.0 Å². The van der Waals surface area contributed by atoms with Gasteiger partial charge in [0.1, 0.15) is 12.3 Å². The first-order valence-electron chi connectivity index (χ1n) is 8.47. The molecule has 8 nitrogen and oxygen atoms in total. The summed E-state index contributed by atoms with van der Waals surface area (Å²) in [6, 6.07) is -0.726. The van der Waals surface area contributed by atoms with E-state index in [2.05, 4.69) is 4.98 Å². The van der Waals surface area contributed by atoms with Gasteiger partial charge in [0.15, 0.2) is 5.78 Å². The highest BCUT2D eigenvalue weighted by Crippen LogP contribution is 2.22. The number of aromatic amines is 1. The van der Waals surface area contributed by atoms with Gasteiger partial charge in [-0.2, -0.15) is 0 Å². The van der Waals surface area contributed by atoms with Crippen LogP contribution in [0.25, 0.3) is 0 Å². The Morgan fingerprint density at radius 2 is 1.81 bits per heavy atom. The predicted molar refractivity (Wildman–Crippen MR) is 95.5 cm³/mol. The fraction of sp³-hybridized carbons (Fsp3) is 0.611. The van der Waals surface area contributed by atoms with Crippen molar-refractivity contribution in [2.24, 2.45) is 0 Å². The minimum absolute atomic E-state index is 0.124. The van der Waals surface area contributed by atoms with E-state index in [1.165, 1.54) is 19.1 Å². The zero-order valence-electron chi connectivity index (χ0n) is 16.3. The number of nitrogens with one attached hydrogen (secondary N) is 1. The lowest BCUT2D eigenvalue weighted by Gasteiger charge is -2.28. The van der Waals surface area contributed by atoms with Gasteiger partial charge in [-0.3, -0.25) is 9.59 Å². The number of aromatic nitrogens is 1.